The molecule has 0 aliphatic carbocycles. The number of hydrogen-bond donors (Lipinski definition) is 0. The van der Waals surface area contributed by atoms with Crippen LogP contribution in [0.2, 0.25) is 0 Å². The molecule has 0 saturated heterocycles. The van der Waals surface area contributed by atoms with E-state index in [0.717, 1.165) is 0 Å². The summed E-state index contributed by atoms with van der Waals surface area (Å²) in [6.45, 7) is 0.467. The van der Waals surface area contributed by atoms with Crippen LogP contribution in [0.25, 0.3) is 0 Å². The van der Waals surface area contributed by atoms with Crippen LogP contribution in [-0.4, -0.2) is 13.1 Å². The van der Waals surface area contributed by atoms with Crippen LogP contribution in [0.1, 0.15) is 0 Å². The second kappa shape index (κ2) is 8.19. The highest BCUT2D eigenvalue weighted by atomic mass is 79.9. The molecule has 0 bridgehead atoms. The highest BCUT2D eigenvalue weighted by Gasteiger charge is 2.01. The van der Waals surface area contributed by atoms with E-state index in [0.29, 0.717) is 8.95 Å². The van der Waals surface area contributed by atoms with Gasteiger partial charge in [-0.05, 0) is 36.4 Å². The summed E-state index contributed by atoms with van der Waals surface area (Å²) < 4.78 is 28.2. The van der Waals surface area contributed by atoms with E-state index >= 15 is 0 Å². The third-order valence-corrected chi connectivity index (χ3v) is 3.46. The Morgan fingerprint density at radius 2 is 1.14 bits per heavy atom. The summed E-state index contributed by atoms with van der Waals surface area (Å²) in [5, 5.41) is 15.2. The molecule has 0 amide bonds. The first-order chi connectivity index (χ1) is 10.6. The summed E-state index contributed by atoms with van der Waals surface area (Å²) in [4.78, 5) is 0. The van der Waals surface area contributed by atoms with Crippen LogP contribution in [0.3, 0.4) is 0 Å². The van der Waals surface area contributed by atoms with Crippen molar-refractivity contribution in [3.05, 3.63) is 57.0 Å². The molecule has 8 heteroatoms. The zero-order valence-corrected chi connectivity index (χ0v) is 14.4. The number of nitrogens with zero attached hydrogens (tertiary/aromatic N) is 4. The van der Waals surface area contributed by atoms with Gasteiger partial charge in [-0.15, -0.1) is 0 Å². The van der Waals surface area contributed by atoms with Gasteiger partial charge < -0.3 is 0 Å². The Labute approximate surface area is 142 Å². The Morgan fingerprint density at radius 1 is 0.727 bits per heavy atom. The Balaban J connectivity index is 1.86. The average molecular weight is 432 g/mol. The zero-order valence-electron chi connectivity index (χ0n) is 11.2. The predicted octanol–water partition coefficient (Wildman–Crippen LogP) is 6.36. The Hall–Kier alpha value is -1.54. The summed E-state index contributed by atoms with van der Waals surface area (Å²) in [6, 6.07) is 9.00. The first-order valence-electron chi connectivity index (χ1n) is 6.21. The van der Waals surface area contributed by atoms with Crippen LogP contribution < -0.4 is 0 Å². The van der Waals surface area contributed by atoms with E-state index in [1.807, 2.05) is 0 Å². The van der Waals surface area contributed by atoms with Crippen molar-refractivity contribution >= 4 is 43.2 Å². The molecule has 2 aromatic rings. The van der Waals surface area contributed by atoms with Crippen LogP contribution in [0.5, 0.6) is 0 Å². The topological polar surface area (TPSA) is 49.4 Å². The van der Waals surface area contributed by atoms with Crippen molar-refractivity contribution in [2.75, 3.05) is 13.1 Å². The van der Waals surface area contributed by atoms with Crippen molar-refractivity contribution in [1.29, 1.82) is 0 Å². The van der Waals surface area contributed by atoms with Gasteiger partial charge in [0.2, 0.25) is 0 Å². The third kappa shape index (κ3) is 5.03. The SMILES string of the molecule is Fc1cc(Br)ccc1N=NCCN=Nc1ccc(Br)cc1F. The minimum absolute atomic E-state index is 0.152. The third-order valence-electron chi connectivity index (χ3n) is 2.48. The molecule has 2 aromatic carbocycles. The second-order valence-electron chi connectivity index (χ2n) is 4.12. The minimum Gasteiger partial charge on any atom is -0.205 e. The monoisotopic (exact) mass is 430 g/mol. The van der Waals surface area contributed by atoms with Gasteiger partial charge in [0.05, 0.1) is 13.1 Å². The van der Waals surface area contributed by atoms with Crippen molar-refractivity contribution in [2.24, 2.45) is 20.5 Å². The standard InChI is InChI=1S/C14H10Br2F2N4/c15-9-1-3-13(11(17)7-9)21-19-5-6-20-22-14-4-2-10(16)8-12(14)18/h1-4,7-8H,5-6H2. The molecule has 0 aromatic heterocycles. The first-order valence-corrected chi connectivity index (χ1v) is 7.80. The summed E-state index contributed by atoms with van der Waals surface area (Å²) in [7, 11) is 0. The van der Waals surface area contributed by atoms with Gasteiger partial charge in [0.15, 0.2) is 11.6 Å². The molecule has 22 heavy (non-hydrogen) atoms. The molecule has 0 saturated carbocycles. The van der Waals surface area contributed by atoms with Gasteiger partial charge in [-0.1, -0.05) is 31.9 Å². The molecule has 0 aliphatic rings. The van der Waals surface area contributed by atoms with Crippen LogP contribution in [-0.2, 0) is 0 Å². The second-order valence-corrected chi connectivity index (χ2v) is 5.95. The van der Waals surface area contributed by atoms with Gasteiger partial charge in [-0.25, -0.2) is 8.78 Å². The molecule has 0 heterocycles. The Morgan fingerprint density at radius 3 is 1.50 bits per heavy atom. The van der Waals surface area contributed by atoms with E-state index in [-0.39, 0.29) is 24.5 Å². The van der Waals surface area contributed by atoms with E-state index in [9.17, 15) is 8.78 Å². The molecule has 4 nitrogen and oxygen atoms in total. The fourth-order valence-electron chi connectivity index (χ4n) is 1.47. The van der Waals surface area contributed by atoms with Crippen LogP contribution in [0.15, 0.2) is 65.8 Å². The molecule has 0 aliphatic heterocycles. The van der Waals surface area contributed by atoms with Crippen molar-refractivity contribution < 1.29 is 8.78 Å². The molecule has 114 valence electrons. The number of azo groups is 2. The van der Waals surface area contributed by atoms with Gasteiger partial charge in [-0.3, -0.25) is 0 Å². The van der Waals surface area contributed by atoms with E-state index < -0.39 is 11.6 Å². The lowest BCUT2D eigenvalue weighted by molar-refractivity contribution is 0.625. The molecule has 0 radical (unpaired) electrons. The van der Waals surface area contributed by atoms with E-state index in [4.69, 9.17) is 0 Å². The van der Waals surface area contributed by atoms with Gasteiger partial charge in [0.25, 0.3) is 0 Å². The normalized spacial score (nSPS) is 11.6. The van der Waals surface area contributed by atoms with Crippen LogP contribution in [0.4, 0.5) is 20.2 Å². The predicted molar refractivity (Wildman–Crippen MR) is 87.0 cm³/mol. The molecule has 0 unspecified atom stereocenters. The fourth-order valence-corrected chi connectivity index (χ4v) is 2.13. The number of rotatable bonds is 5. The average Bonchev–Trinajstić information content (AvgIpc) is 2.46. The maximum Gasteiger partial charge on any atom is 0.151 e. The molecule has 0 spiro atoms. The largest absolute Gasteiger partial charge is 0.205 e. The summed E-state index contributed by atoms with van der Waals surface area (Å²) in [6.07, 6.45) is 0. The van der Waals surface area contributed by atoms with Gasteiger partial charge in [0.1, 0.15) is 11.4 Å². The maximum absolute atomic E-state index is 13.5. The van der Waals surface area contributed by atoms with Crippen molar-refractivity contribution in [2.45, 2.75) is 0 Å². The van der Waals surface area contributed by atoms with E-state index in [1.54, 1.807) is 12.1 Å². The zero-order chi connectivity index (χ0) is 15.9. The maximum atomic E-state index is 13.5. The molecular formula is C14H10Br2F2N4. The van der Waals surface area contributed by atoms with E-state index in [2.05, 4.69) is 52.3 Å². The molecule has 0 atom stereocenters. The number of benzene rings is 2. The molecular weight excluding hydrogens is 422 g/mol. The quantitative estimate of drug-likeness (QED) is 0.390. The lowest BCUT2D eigenvalue weighted by Crippen LogP contribution is -1.84. The number of hydrogen-bond acceptors (Lipinski definition) is 4. The first kappa shape index (κ1) is 16.8. The summed E-state index contributed by atoms with van der Waals surface area (Å²) >= 11 is 6.32. The summed E-state index contributed by atoms with van der Waals surface area (Å²) in [5.74, 6) is -0.923. The molecule has 0 N–H and O–H groups in total. The van der Waals surface area contributed by atoms with Gasteiger partial charge in [-0.2, -0.15) is 20.5 Å². The van der Waals surface area contributed by atoms with Crippen LogP contribution >= 0.6 is 31.9 Å². The van der Waals surface area contributed by atoms with Gasteiger partial charge >= 0.3 is 0 Å². The minimum atomic E-state index is -0.461. The summed E-state index contributed by atoms with van der Waals surface area (Å²) in [5.41, 5.74) is 0.304. The highest BCUT2D eigenvalue weighted by Crippen LogP contribution is 2.23. The number of halogens is 4. The fraction of sp³-hybridized carbons (Fsp3) is 0.143. The lowest BCUT2D eigenvalue weighted by atomic mass is 10.3. The van der Waals surface area contributed by atoms with Crippen molar-refractivity contribution in [3.8, 4) is 0 Å². The molecule has 0 fully saturated rings. The van der Waals surface area contributed by atoms with Crippen molar-refractivity contribution in [1.82, 2.24) is 0 Å². The lowest BCUT2D eigenvalue weighted by Gasteiger charge is -1.96. The molecule has 2 rings (SSSR count). The van der Waals surface area contributed by atoms with E-state index in [1.165, 1.54) is 24.3 Å². The Bertz CT molecular complexity index is 658. The smallest absolute Gasteiger partial charge is 0.151 e. The Kier molecular flexibility index (Phi) is 6.26. The highest BCUT2D eigenvalue weighted by molar-refractivity contribution is 9.10. The van der Waals surface area contributed by atoms with Gasteiger partial charge in [0, 0.05) is 8.95 Å². The van der Waals surface area contributed by atoms with Crippen LogP contribution in [0, 0.1) is 11.6 Å². The van der Waals surface area contributed by atoms with Crippen molar-refractivity contribution in [3.63, 3.8) is 0 Å².